The van der Waals surface area contributed by atoms with Crippen molar-refractivity contribution in [2.24, 2.45) is 5.73 Å². The third-order valence-electron chi connectivity index (χ3n) is 3.91. The SMILES string of the molecule is Cc1cccc(C(C)C)c1N1CCOCC1CCN. The Labute approximate surface area is 116 Å². The zero-order valence-electron chi connectivity index (χ0n) is 12.4. The van der Waals surface area contributed by atoms with Gasteiger partial charge >= 0.3 is 0 Å². The van der Waals surface area contributed by atoms with Crippen LogP contribution in [0.2, 0.25) is 0 Å². The number of nitrogens with zero attached hydrogens (tertiary/aromatic N) is 1. The highest BCUT2D eigenvalue weighted by atomic mass is 16.5. The molecule has 106 valence electrons. The number of nitrogens with two attached hydrogens (primary N) is 1. The molecule has 2 rings (SSSR count). The van der Waals surface area contributed by atoms with Crippen LogP contribution in [0, 0.1) is 6.92 Å². The normalized spacial score (nSPS) is 20.1. The highest BCUT2D eigenvalue weighted by Crippen LogP contribution is 2.33. The number of rotatable bonds is 4. The molecular weight excluding hydrogens is 236 g/mol. The molecule has 1 aromatic carbocycles. The summed E-state index contributed by atoms with van der Waals surface area (Å²) in [7, 11) is 0. The second-order valence-corrected chi connectivity index (χ2v) is 5.67. The molecule has 1 unspecified atom stereocenters. The number of aryl methyl sites for hydroxylation is 1. The van der Waals surface area contributed by atoms with Crippen molar-refractivity contribution >= 4 is 5.69 Å². The minimum atomic E-state index is 0.414. The van der Waals surface area contributed by atoms with Crippen molar-refractivity contribution in [2.45, 2.75) is 39.2 Å². The molecule has 1 aliphatic rings. The number of anilines is 1. The lowest BCUT2D eigenvalue weighted by Gasteiger charge is -2.40. The summed E-state index contributed by atoms with van der Waals surface area (Å²) >= 11 is 0. The summed E-state index contributed by atoms with van der Waals surface area (Å²) in [6.45, 7) is 10.0. The molecule has 1 atom stereocenters. The third-order valence-corrected chi connectivity index (χ3v) is 3.91. The van der Waals surface area contributed by atoms with Gasteiger partial charge in [0.05, 0.1) is 19.3 Å². The Bertz CT molecular complexity index is 415. The fourth-order valence-electron chi connectivity index (χ4n) is 2.92. The van der Waals surface area contributed by atoms with E-state index in [4.69, 9.17) is 10.5 Å². The first kappa shape index (κ1) is 14.4. The van der Waals surface area contributed by atoms with Gasteiger partial charge in [0, 0.05) is 12.2 Å². The van der Waals surface area contributed by atoms with E-state index in [1.54, 1.807) is 0 Å². The Morgan fingerprint density at radius 3 is 2.89 bits per heavy atom. The van der Waals surface area contributed by atoms with Crippen molar-refractivity contribution in [2.75, 3.05) is 31.2 Å². The van der Waals surface area contributed by atoms with Crippen LogP contribution in [-0.4, -0.2) is 32.3 Å². The lowest BCUT2D eigenvalue weighted by Crippen LogP contribution is -2.47. The molecule has 1 heterocycles. The standard InChI is InChI=1S/C16H26N2O/c1-12(2)15-6-4-5-13(3)16(15)18-9-10-19-11-14(18)7-8-17/h4-6,12,14H,7-11,17H2,1-3H3. The average Bonchev–Trinajstić information content (AvgIpc) is 2.40. The first-order chi connectivity index (χ1) is 9.15. The number of para-hydroxylation sites is 1. The maximum absolute atomic E-state index is 5.75. The molecular formula is C16H26N2O. The van der Waals surface area contributed by atoms with Gasteiger partial charge < -0.3 is 15.4 Å². The summed E-state index contributed by atoms with van der Waals surface area (Å²) in [5.41, 5.74) is 9.95. The molecule has 1 saturated heterocycles. The molecule has 19 heavy (non-hydrogen) atoms. The fourth-order valence-corrected chi connectivity index (χ4v) is 2.92. The van der Waals surface area contributed by atoms with Crippen molar-refractivity contribution in [3.63, 3.8) is 0 Å². The molecule has 0 radical (unpaired) electrons. The second kappa shape index (κ2) is 6.40. The maximum atomic E-state index is 5.75. The monoisotopic (exact) mass is 262 g/mol. The van der Waals surface area contributed by atoms with Gasteiger partial charge in [0.25, 0.3) is 0 Å². The fraction of sp³-hybridized carbons (Fsp3) is 0.625. The molecule has 0 aliphatic carbocycles. The predicted molar refractivity (Wildman–Crippen MR) is 80.9 cm³/mol. The van der Waals surface area contributed by atoms with Gasteiger partial charge in [-0.3, -0.25) is 0 Å². The van der Waals surface area contributed by atoms with Crippen LogP contribution in [0.25, 0.3) is 0 Å². The van der Waals surface area contributed by atoms with E-state index in [1.165, 1.54) is 16.8 Å². The van der Waals surface area contributed by atoms with E-state index in [9.17, 15) is 0 Å². The average molecular weight is 262 g/mol. The lowest BCUT2D eigenvalue weighted by molar-refractivity contribution is 0.0921. The van der Waals surface area contributed by atoms with Crippen LogP contribution < -0.4 is 10.6 Å². The quantitative estimate of drug-likeness (QED) is 0.906. The smallest absolute Gasteiger partial charge is 0.0671 e. The van der Waals surface area contributed by atoms with Crippen LogP contribution in [0.15, 0.2) is 18.2 Å². The van der Waals surface area contributed by atoms with Gasteiger partial charge in [-0.1, -0.05) is 32.0 Å². The number of hydrogen-bond donors (Lipinski definition) is 1. The Hall–Kier alpha value is -1.06. The zero-order valence-corrected chi connectivity index (χ0v) is 12.4. The van der Waals surface area contributed by atoms with Crippen LogP contribution in [0.3, 0.4) is 0 Å². The zero-order chi connectivity index (χ0) is 13.8. The molecule has 2 N–H and O–H groups in total. The van der Waals surface area contributed by atoms with Crippen LogP contribution in [0.4, 0.5) is 5.69 Å². The largest absolute Gasteiger partial charge is 0.377 e. The Morgan fingerprint density at radius 1 is 1.42 bits per heavy atom. The molecule has 3 nitrogen and oxygen atoms in total. The number of benzene rings is 1. The second-order valence-electron chi connectivity index (χ2n) is 5.67. The van der Waals surface area contributed by atoms with Crippen molar-refractivity contribution in [3.05, 3.63) is 29.3 Å². The number of morpholine rings is 1. The van der Waals surface area contributed by atoms with Crippen LogP contribution in [0.5, 0.6) is 0 Å². The number of ether oxygens (including phenoxy) is 1. The molecule has 1 fully saturated rings. The van der Waals surface area contributed by atoms with Crippen molar-refractivity contribution in [1.29, 1.82) is 0 Å². The first-order valence-corrected chi connectivity index (χ1v) is 7.29. The predicted octanol–water partition coefficient (Wildman–Crippen LogP) is 2.67. The van der Waals surface area contributed by atoms with Gasteiger partial charge in [-0.2, -0.15) is 0 Å². The Morgan fingerprint density at radius 2 is 2.21 bits per heavy atom. The van der Waals surface area contributed by atoms with Crippen LogP contribution in [-0.2, 0) is 4.74 Å². The summed E-state index contributed by atoms with van der Waals surface area (Å²) < 4.78 is 5.63. The van der Waals surface area contributed by atoms with Crippen molar-refractivity contribution in [3.8, 4) is 0 Å². The van der Waals surface area contributed by atoms with E-state index in [1.807, 2.05) is 0 Å². The minimum Gasteiger partial charge on any atom is -0.377 e. The van der Waals surface area contributed by atoms with Gasteiger partial charge in [0.15, 0.2) is 0 Å². The van der Waals surface area contributed by atoms with Crippen molar-refractivity contribution < 1.29 is 4.74 Å². The van der Waals surface area contributed by atoms with Crippen LogP contribution in [0.1, 0.15) is 37.3 Å². The van der Waals surface area contributed by atoms with E-state index in [0.717, 1.165) is 26.2 Å². The van der Waals surface area contributed by atoms with E-state index in [0.29, 0.717) is 18.5 Å². The first-order valence-electron chi connectivity index (χ1n) is 7.29. The van der Waals surface area contributed by atoms with Crippen LogP contribution >= 0.6 is 0 Å². The lowest BCUT2D eigenvalue weighted by atomic mass is 9.95. The minimum absolute atomic E-state index is 0.414. The van der Waals surface area contributed by atoms with Gasteiger partial charge in [-0.05, 0) is 36.9 Å². The molecule has 0 bridgehead atoms. The van der Waals surface area contributed by atoms with E-state index < -0.39 is 0 Å². The highest BCUT2D eigenvalue weighted by Gasteiger charge is 2.26. The highest BCUT2D eigenvalue weighted by molar-refractivity contribution is 5.61. The molecule has 0 saturated carbocycles. The molecule has 1 aromatic rings. The van der Waals surface area contributed by atoms with Gasteiger partial charge in [0.2, 0.25) is 0 Å². The topological polar surface area (TPSA) is 38.5 Å². The molecule has 0 amide bonds. The van der Waals surface area contributed by atoms with Gasteiger partial charge in [-0.15, -0.1) is 0 Å². The summed E-state index contributed by atoms with van der Waals surface area (Å²) in [4.78, 5) is 2.51. The summed E-state index contributed by atoms with van der Waals surface area (Å²) in [5, 5.41) is 0. The molecule has 3 heteroatoms. The molecule has 1 aliphatic heterocycles. The third kappa shape index (κ3) is 3.10. The molecule has 0 spiro atoms. The van der Waals surface area contributed by atoms with E-state index >= 15 is 0 Å². The summed E-state index contributed by atoms with van der Waals surface area (Å²) in [6, 6.07) is 7.03. The number of hydrogen-bond acceptors (Lipinski definition) is 3. The maximum Gasteiger partial charge on any atom is 0.0671 e. The van der Waals surface area contributed by atoms with Crippen molar-refractivity contribution in [1.82, 2.24) is 0 Å². The summed E-state index contributed by atoms with van der Waals surface area (Å²) in [6.07, 6.45) is 0.992. The summed E-state index contributed by atoms with van der Waals surface area (Å²) in [5.74, 6) is 0.538. The molecule has 0 aromatic heterocycles. The Balaban J connectivity index is 2.37. The van der Waals surface area contributed by atoms with Gasteiger partial charge in [0.1, 0.15) is 0 Å². The van der Waals surface area contributed by atoms with Gasteiger partial charge in [-0.25, -0.2) is 0 Å². The van der Waals surface area contributed by atoms with E-state index in [-0.39, 0.29) is 0 Å². The Kier molecular flexibility index (Phi) is 4.83. The van der Waals surface area contributed by atoms with E-state index in [2.05, 4.69) is 43.9 Å².